The van der Waals surface area contributed by atoms with E-state index in [1.807, 2.05) is 48.5 Å². The van der Waals surface area contributed by atoms with Crippen LogP contribution in [0.4, 0.5) is 0 Å². The molecule has 11 amide bonds. The highest BCUT2D eigenvalue weighted by molar-refractivity contribution is 6.10. The third-order valence-electron chi connectivity index (χ3n) is 16.4. The molecular formula is C63H113N11O13. The standard InChI is InChI=1S/C63H113N11O13/c1-25-27-28-40(13)52(76)51-56(80)66-43(26-2)58(82)68(18)34-48(75)69(19)47(33-63(16,17)87)55(79)67-49(38(9)10)61(85)70(20)44(30-29-35(3)4)54(78)64-41(14)53(77)65-42(15)57(81)71(21)45(31-36(5)6)59(83)72(22)46(32-37(7)8)60(84)73(23)50(39(11)12)62(86)74(51)24/h35-47,49-51,87H,25-34H2,1-24H3,(H,64,78)(H,65,77)(H,66,80)(H,67,79)/t40-,41-,42+,43-,44-,45+,46-,47+,49-,50-,51?/m1/s1. The van der Waals surface area contributed by atoms with Crippen molar-refractivity contribution in [1.82, 2.24) is 55.6 Å². The van der Waals surface area contributed by atoms with Crippen LogP contribution in [0.15, 0.2) is 0 Å². The second kappa shape index (κ2) is 35.1. The third-order valence-corrected chi connectivity index (χ3v) is 16.4. The summed E-state index contributed by atoms with van der Waals surface area (Å²) in [6, 6.07) is -13.1. The van der Waals surface area contributed by atoms with Gasteiger partial charge in [0, 0.05) is 61.7 Å². The Morgan fingerprint density at radius 3 is 1.46 bits per heavy atom. The van der Waals surface area contributed by atoms with Crippen molar-refractivity contribution in [3.8, 4) is 0 Å². The molecule has 24 heteroatoms. The lowest BCUT2D eigenvalue weighted by molar-refractivity contribution is -0.157. The van der Waals surface area contributed by atoms with E-state index < -0.39 is 161 Å². The van der Waals surface area contributed by atoms with Crippen LogP contribution in [0.3, 0.4) is 0 Å². The molecule has 0 radical (unpaired) electrons. The lowest BCUT2D eigenvalue weighted by atomic mass is 9.91. The first kappa shape index (κ1) is 78.8. The number of Topliss-reactive ketones (excluding diaryl/α,β-unsaturated/α-hetero) is 1. The van der Waals surface area contributed by atoms with Crippen LogP contribution in [0, 0.1) is 35.5 Å². The molecule has 0 aromatic rings. The molecule has 0 bridgehead atoms. The summed E-state index contributed by atoms with van der Waals surface area (Å²) < 4.78 is 0. The Bertz CT molecular complexity index is 2390. The van der Waals surface area contributed by atoms with Crippen molar-refractivity contribution in [2.75, 3.05) is 55.9 Å². The smallest absolute Gasteiger partial charge is 0.251 e. The lowest BCUT2D eigenvalue weighted by Gasteiger charge is -2.40. The number of rotatable bonds is 17. The third kappa shape index (κ3) is 22.7. The van der Waals surface area contributed by atoms with Gasteiger partial charge in [-0.15, -0.1) is 0 Å². The van der Waals surface area contributed by atoms with Crippen molar-refractivity contribution >= 4 is 70.8 Å². The molecule has 0 aliphatic carbocycles. The van der Waals surface area contributed by atoms with Gasteiger partial charge in [-0.1, -0.05) is 103 Å². The number of amides is 11. The van der Waals surface area contributed by atoms with Crippen molar-refractivity contribution in [3.05, 3.63) is 0 Å². The minimum Gasteiger partial charge on any atom is -0.390 e. The van der Waals surface area contributed by atoms with Crippen LogP contribution >= 0.6 is 0 Å². The van der Waals surface area contributed by atoms with Gasteiger partial charge in [-0.3, -0.25) is 57.5 Å². The molecule has 0 aromatic heterocycles. The summed E-state index contributed by atoms with van der Waals surface area (Å²) in [6.45, 7) is 28.4. The van der Waals surface area contributed by atoms with Crippen LogP contribution in [0.2, 0.25) is 0 Å². The maximum atomic E-state index is 15.1. The molecule has 1 aliphatic heterocycles. The van der Waals surface area contributed by atoms with Crippen LogP contribution in [0.1, 0.15) is 175 Å². The predicted molar refractivity (Wildman–Crippen MR) is 334 cm³/mol. The molecular weight excluding hydrogens is 1120 g/mol. The van der Waals surface area contributed by atoms with E-state index in [4.69, 9.17) is 0 Å². The molecule has 0 saturated carbocycles. The zero-order valence-electron chi connectivity index (χ0n) is 57.3. The van der Waals surface area contributed by atoms with E-state index in [9.17, 15) is 53.1 Å². The normalized spacial score (nSPS) is 26.2. The second-order valence-electron chi connectivity index (χ2n) is 27.0. The molecule has 1 unspecified atom stereocenters. The fourth-order valence-corrected chi connectivity index (χ4v) is 10.8. The maximum absolute atomic E-state index is 15.1. The fourth-order valence-electron chi connectivity index (χ4n) is 10.8. The van der Waals surface area contributed by atoms with Crippen LogP contribution in [-0.4, -0.2) is 232 Å². The average molecular weight is 1230 g/mol. The van der Waals surface area contributed by atoms with Crippen LogP contribution in [-0.2, 0) is 57.5 Å². The summed E-state index contributed by atoms with van der Waals surface area (Å²) in [5.74, 6) is -10.9. The number of likely N-dealkylation sites (N-methyl/N-ethyl adjacent to an activating group) is 7. The predicted octanol–water partition coefficient (Wildman–Crippen LogP) is 3.21. The zero-order chi connectivity index (χ0) is 67.6. The first-order chi connectivity index (χ1) is 40.0. The number of nitrogens with zero attached hydrogens (tertiary/aromatic N) is 7. The summed E-state index contributed by atoms with van der Waals surface area (Å²) in [5.41, 5.74) is -1.55. The number of carbonyl (C=O) groups is 12. The highest BCUT2D eigenvalue weighted by atomic mass is 16.3. The Morgan fingerprint density at radius 1 is 0.517 bits per heavy atom. The maximum Gasteiger partial charge on any atom is 0.251 e. The van der Waals surface area contributed by atoms with Crippen molar-refractivity contribution in [3.63, 3.8) is 0 Å². The molecule has 87 heavy (non-hydrogen) atoms. The van der Waals surface area contributed by atoms with Gasteiger partial charge >= 0.3 is 0 Å². The molecule has 1 aliphatic rings. The first-order valence-corrected chi connectivity index (χ1v) is 31.3. The number of hydrogen-bond donors (Lipinski definition) is 5. The number of nitrogens with one attached hydrogen (secondary N) is 4. The number of unbranched alkanes of at least 4 members (excludes halogenated alkanes) is 1. The second-order valence-corrected chi connectivity index (χ2v) is 27.0. The van der Waals surface area contributed by atoms with E-state index in [0.29, 0.717) is 19.3 Å². The Kier molecular flexibility index (Phi) is 31.8. The van der Waals surface area contributed by atoms with Gasteiger partial charge in [0.1, 0.15) is 54.4 Å². The molecule has 1 rings (SSSR count). The van der Waals surface area contributed by atoms with E-state index in [2.05, 4.69) is 21.3 Å². The number of hydrogen-bond acceptors (Lipinski definition) is 13. The zero-order valence-corrected chi connectivity index (χ0v) is 57.3. The van der Waals surface area contributed by atoms with E-state index in [1.165, 1.54) is 96.6 Å². The Balaban J connectivity index is 4.36. The van der Waals surface area contributed by atoms with Gasteiger partial charge in [0.05, 0.1) is 12.1 Å². The largest absolute Gasteiger partial charge is 0.390 e. The Morgan fingerprint density at radius 2 is 1.00 bits per heavy atom. The molecule has 11 atom stereocenters. The summed E-state index contributed by atoms with van der Waals surface area (Å²) in [6.07, 6.45) is 2.26. The minimum absolute atomic E-state index is 0.0317. The van der Waals surface area contributed by atoms with Crippen LogP contribution < -0.4 is 21.3 Å². The monoisotopic (exact) mass is 1230 g/mol. The summed E-state index contributed by atoms with van der Waals surface area (Å²) >= 11 is 0. The van der Waals surface area contributed by atoms with Gasteiger partial charge in [0.15, 0.2) is 11.8 Å². The summed E-state index contributed by atoms with van der Waals surface area (Å²) in [7, 11) is 9.61. The fraction of sp³-hybridized carbons (Fsp3) is 0.810. The highest BCUT2D eigenvalue weighted by Gasteiger charge is 2.46. The molecule has 1 fully saturated rings. The molecule has 0 spiro atoms. The minimum atomic E-state index is -1.80. The lowest BCUT2D eigenvalue weighted by Crippen LogP contribution is -2.63. The molecule has 5 N–H and O–H groups in total. The van der Waals surface area contributed by atoms with Crippen molar-refractivity contribution < 1.29 is 62.6 Å². The average Bonchev–Trinajstić information content (AvgIpc) is 1.28. The summed E-state index contributed by atoms with van der Waals surface area (Å²) in [5, 5.41) is 21.9. The Labute approximate surface area is 520 Å². The molecule has 1 heterocycles. The molecule has 24 nitrogen and oxygen atoms in total. The SMILES string of the molecule is CCCC[C@@H](C)C(=O)C1C(=O)N[C@H](CC)C(=O)N(C)CC(=O)N(C)[C@@H](CC(C)(C)O)C(=O)N[C@H](C(C)C)C(=O)N(C)[C@H](CCC(C)C)C(=O)N[C@H](C)C(=O)N[C@@H](C)C(=O)N(C)[C@@H](CC(C)C)C(=O)N(C)[C@H](CC(C)C)C(=O)N(C)[C@H](C(C)C)C(=O)N1C. The van der Waals surface area contributed by atoms with Crippen LogP contribution in [0.25, 0.3) is 0 Å². The topological polar surface area (TPSA) is 296 Å². The van der Waals surface area contributed by atoms with Gasteiger partial charge in [0.25, 0.3) is 5.91 Å². The number of carbonyl (C=O) groups excluding carboxylic acids is 12. The van der Waals surface area contributed by atoms with Gasteiger partial charge in [0.2, 0.25) is 59.1 Å². The van der Waals surface area contributed by atoms with Gasteiger partial charge in [-0.25, -0.2) is 0 Å². The highest BCUT2D eigenvalue weighted by Crippen LogP contribution is 2.25. The number of aliphatic hydroxyl groups is 1. The molecule has 0 aromatic carbocycles. The number of ketones is 1. The van der Waals surface area contributed by atoms with E-state index >= 15 is 9.59 Å². The quantitative estimate of drug-likeness (QED) is 0.131. The van der Waals surface area contributed by atoms with E-state index in [0.717, 1.165) is 21.1 Å². The van der Waals surface area contributed by atoms with Crippen molar-refractivity contribution in [2.45, 2.75) is 242 Å². The van der Waals surface area contributed by atoms with Gasteiger partial charge in [-0.2, -0.15) is 0 Å². The molecule has 1 saturated heterocycles. The van der Waals surface area contributed by atoms with Gasteiger partial charge in [-0.05, 0) is 95.8 Å². The van der Waals surface area contributed by atoms with E-state index in [-0.39, 0.29) is 49.9 Å². The van der Waals surface area contributed by atoms with Crippen LogP contribution in [0.5, 0.6) is 0 Å². The van der Waals surface area contributed by atoms with Crippen molar-refractivity contribution in [1.29, 1.82) is 0 Å². The Hall–Kier alpha value is -6.20. The van der Waals surface area contributed by atoms with Crippen molar-refractivity contribution in [2.24, 2.45) is 35.5 Å². The van der Waals surface area contributed by atoms with E-state index in [1.54, 1.807) is 41.5 Å². The summed E-state index contributed by atoms with van der Waals surface area (Å²) in [4.78, 5) is 183. The first-order valence-electron chi connectivity index (χ1n) is 31.3. The molecule has 498 valence electrons. The van der Waals surface area contributed by atoms with Gasteiger partial charge < -0.3 is 60.7 Å².